The molecule has 1 fully saturated rings. The Bertz CT molecular complexity index is 1100. The highest BCUT2D eigenvalue weighted by Gasteiger charge is 2.50. The van der Waals surface area contributed by atoms with Gasteiger partial charge in [0.25, 0.3) is 0 Å². The van der Waals surface area contributed by atoms with E-state index in [2.05, 4.69) is 78.1 Å². The van der Waals surface area contributed by atoms with Crippen molar-refractivity contribution < 1.29 is 24.1 Å². The number of hydrogen-bond donors (Lipinski definition) is 2. The second-order valence-electron chi connectivity index (χ2n) is 9.56. The normalized spacial score (nSPS) is 22.5. The number of hydrogen-bond acceptors (Lipinski definition) is 6. The molecular weight excluding hydrogens is 442 g/mol. The minimum absolute atomic E-state index is 0.135. The van der Waals surface area contributed by atoms with E-state index in [0.717, 1.165) is 16.7 Å². The van der Waals surface area contributed by atoms with Gasteiger partial charge in [0.15, 0.2) is 5.79 Å². The molecule has 0 unspecified atom stereocenters. The molecule has 3 aromatic carbocycles. The van der Waals surface area contributed by atoms with Crippen LogP contribution in [0.3, 0.4) is 0 Å². The molecule has 1 aliphatic heterocycles. The van der Waals surface area contributed by atoms with E-state index >= 15 is 0 Å². The summed E-state index contributed by atoms with van der Waals surface area (Å²) in [5, 5.41) is 14.6. The zero-order valence-electron chi connectivity index (χ0n) is 20.4. The third-order valence-electron chi connectivity index (χ3n) is 6.86. The van der Waals surface area contributed by atoms with Gasteiger partial charge in [-0.25, -0.2) is 0 Å². The smallest absolute Gasteiger partial charge is 0.163 e. The summed E-state index contributed by atoms with van der Waals surface area (Å²) in [5.74, 6) is -0.799. The number of rotatable bonds is 9. The van der Waals surface area contributed by atoms with Crippen molar-refractivity contribution in [3.63, 3.8) is 0 Å². The van der Waals surface area contributed by atoms with E-state index in [1.165, 1.54) is 11.1 Å². The van der Waals surface area contributed by atoms with Crippen molar-refractivity contribution in [2.45, 2.75) is 43.4 Å². The molecule has 2 aliphatic rings. The quantitative estimate of drug-likeness (QED) is 0.360. The highest BCUT2D eigenvalue weighted by atomic mass is 16.8. The first kappa shape index (κ1) is 24.1. The maximum atomic E-state index is 10.7. The van der Waals surface area contributed by atoms with E-state index in [9.17, 15) is 5.11 Å². The minimum atomic E-state index is -0.799. The van der Waals surface area contributed by atoms with Crippen LogP contribution in [0.25, 0.3) is 11.1 Å². The fourth-order valence-electron chi connectivity index (χ4n) is 5.56. The lowest BCUT2D eigenvalue weighted by molar-refractivity contribution is -0.157. The Hall–Kier alpha value is -2.58. The molecule has 0 bridgehead atoms. The highest BCUT2D eigenvalue weighted by Crippen LogP contribution is 2.51. The molecule has 6 nitrogen and oxygen atoms in total. The van der Waals surface area contributed by atoms with Crippen molar-refractivity contribution in [3.8, 4) is 11.1 Å². The molecule has 0 radical (unpaired) electrons. The van der Waals surface area contributed by atoms with Gasteiger partial charge >= 0.3 is 0 Å². The molecule has 0 spiro atoms. The number of methoxy groups -OCH3 is 1. The largest absolute Gasteiger partial charge is 0.395 e. The van der Waals surface area contributed by atoms with Gasteiger partial charge in [0, 0.05) is 7.11 Å². The highest BCUT2D eigenvalue weighted by molar-refractivity contribution is 5.83. The maximum Gasteiger partial charge on any atom is 0.163 e. The SMILES string of the molecule is COCOC[C@H]1OC(C)(C)O[C@@H]1[C@H](CO)NC1(c2ccccc2)c2ccccc2-c2ccccc21. The summed E-state index contributed by atoms with van der Waals surface area (Å²) in [4.78, 5) is 0. The van der Waals surface area contributed by atoms with Crippen LogP contribution in [0.15, 0.2) is 78.9 Å². The van der Waals surface area contributed by atoms with Crippen LogP contribution < -0.4 is 5.32 Å². The maximum absolute atomic E-state index is 10.7. The first-order valence-electron chi connectivity index (χ1n) is 12.1. The van der Waals surface area contributed by atoms with Gasteiger partial charge in [0.05, 0.1) is 24.8 Å². The first-order valence-corrected chi connectivity index (χ1v) is 12.1. The number of benzene rings is 3. The van der Waals surface area contributed by atoms with Crippen molar-refractivity contribution >= 4 is 0 Å². The molecule has 5 rings (SSSR count). The van der Waals surface area contributed by atoms with Crippen LogP contribution in [0.2, 0.25) is 0 Å². The van der Waals surface area contributed by atoms with Gasteiger partial charge in [-0.1, -0.05) is 78.9 Å². The van der Waals surface area contributed by atoms with E-state index < -0.39 is 23.5 Å². The van der Waals surface area contributed by atoms with E-state index in [1.54, 1.807) is 7.11 Å². The van der Waals surface area contributed by atoms with E-state index in [0.29, 0.717) is 6.61 Å². The van der Waals surface area contributed by atoms with Crippen molar-refractivity contribution in [2.75, 3.05) is 27.1 Å². The van der Waals surface area contributed by atoms with E-state index in [4.69, 9.17) is 18.9 Å². The number of fused-ring (bicyclic) bond motifs is 3. The zero-order valence-corrected chi connectivity index (χ0v) is 20.4. The van der Waals surface area contributed by atoms with Crippen LogP contribution >= 0.6 is 0 Å². The van der Waals surface area contributed by atoms with Crippen molar-refractivity contribution in [1.29, 1.82) is 0 Å². The van der Waals surface area contributed by atoms with Gasteiger partial charge in [-0.3, -0.25) is 5.32 Å². The van der Waals surface area contributed by atoms with Crippen molar-refractivity contribution in [2.24, 2.45) is 0 Å². The Morgan fingerprint density at radius 2 is 1.49 bits per heavy atom. The van der Waals surface area contributed by atoms with Crippen molar-refractivity contribution in [1.82, 2.24) is 5.32 Å². The molecule has 0 aromatic heterocycles. The molecule has 1 aliphatic carbocycles. The third kappa shape index (κ3) is 4.31. The fourth-order valence-corrected chi connectivity index (χ4v) is 5.56. The monoisotopic (exact) mass is 475 g/mol. The summed E-state index contributed by atoms with van der Waals surface area (Å²) in [5.41, 5.74) is 5.09. The molecule has 1 saturated heterocycles. The van der Waals surface area contributed by atoms with Crippen LogP contribution in [0.4, 0.5) is 0 Å². The Morgan fingerprint density at radius 3 is 2.09 bits per heavy atom. The van der Waals surface area contributed by atoms with Gasteiger partial charge in [-0.05, 0) is 41.7 Å². The lowest BCUT2D eigenvalue weighted by Gasteiger charge is -2.39. The molecule has 3 aromatic rings. The first-order chi connectivity index (χ1) is 17.0. The predicted molar refractivity (Wildman–Crippen MR) is 134 cm³/mol. The second-order valence-corrected chi connectivity index (χ2v) is 9.56. The number of aliphatic hydroxyl groups is 1. The van der Waals surface area contributed by atoms with Gasteiger partial charge in [0.2, 0.25) is 0 Å². The summed E-state index contributed by atoms with van der Waals surface area (Å²) in [6.45, 7) is 4.10. The van der Waals surface area contributed by atoms with Crippen LogP contribution in [-0.2, 0) is 24.5 Å². The van der Waals surface area contributed by atoms with Crippen molar-refractivity contribution in [3.05, 3.63) is 95.6 Å². The number of nitrogens with one attached hydrogen (secondary N) is 1. The van der Waals surface area contributed by atoms with Gasteiger partial charge in [-0.2, -0.15) is 0 Å². The van der Waals surface area contributed by atoms with Gasteiger partial charge < -0.3 is 24.1 Å². The Balaban J connectivity index is 1.61. The summed E-state index contributed by atoms with van der Waals surface area (Å²) in [6.07, 6.45) is -0.808. The predicted octanol–water partition coefficient (Wildman–Crippen LogP) is 4.05. The van der Waals surface area contributed by atoms with Gasteiger partial charge in [-0.15, -0.1) is 0 Å². The molecular formula is C29H33NO5. The zero-order chi connectivity index (χ0) is 24.5. The summed E-state index contributed by atoms with van der Waals surface area (Å²) in [7, 11) is 1.59. The number of ether oxygens (including phenoxy) is 4. The molecule has 1 heterocycles. The average molecular weight is 476 g/mol. The molecule has 3 atom stereocenters. The molecule has 184 valence electrons. The van der Waals surface area contributed by atoms with Gasteiger partial charge in [0.1, 0.15) is 19.0 Å². The summed E-state index contributed by atoms with van der Waals surface area (Å²) in [6, 6.07) is 26.9. The molecule has 6 heteroatoms. The molecule has 0 amide bonds. The molecule has 2 N–H and O–H groups in total. The minimum Gasteiger partial charge on any atom is -0.395 e. The van der Waals surface area contributed by atoms with E-state index in [1.807, 2.05) is 19.9 Å². The van der Waals surface area contributed by atoms with Crippen LogP contribution in [-0.4, -0.2) is 56.3 Å². The third-order valence-corrected chi connectivity index (χ3v) is 6.86. The second kappa shape index (κ2) is 9.82. The van der Waals surface area contributed by atoms with Crippen LogP contribution in [0, 0.1) is 0 Å². The molecule has 0 saturated carbocycles. The topological polar surface area (TPSA) is 69.2 Å². The molecule has 35 heavy (non-hydrogen) atoms. The fraction of sp³-hybridized carbons (Fsp3) is 0.379. The Kier molecular flexibility index (Phi) is 6.77. The van der Waals surface area contributed by atoms with Crippen LogP contribution in [0.1, 0.15) is 30.5 Å². The summed E-state index contributed by atoms with van der Waals surface area (Å²) < 4.78 is 23.2. The Morgan fingerprint density at radius 1 is 0.886 bits per heavy atom. The lowest BCUT2D eigenvalue weighted by atomic mass is 9.79. The average Bonchev–Trinajstić information content (AvgIpc) is 3.35. The number of aliphatic hydroxyl groups excluding tert-OH is 1. The van der Waals surface area contributed by atoms with Crippen LogP contribution in [0.5, 0.6) is 0 Å². The summed E-state index contributed by atoms with van der Waals surface area (Å²) >= 11 is 0. The van der Waals surface area contributed by atoms with E-state index in [-0.39, 0.29) is 19.5 Å². The standard InChI is InChI=1S/C29H33NO5/c1-28(2)34-26(18-33-19-32-3)27(35-28)25(17-31)30-29(20-11-5-4-6-12-20)23-15-9-7-13-21(23)22-14-8-10-16-24(22)29/h4-16,25-27,30-31H,17-19H2,1-3H3/t25-,26+,27+/m0/s1. The lowest BCUT2D eigenvalue weighted by Crippen LogP contribution is -2.57. The Labute approximate surface area is 206 Å².